The molecule has 0 aliphatic carbocycles. The SMILES string of the molecule is COc1ccc(-c2ccc(/C=N/NC(=O)COc3ccc(Br)cc3[N+](=O)[O-])o2)cc1Cl. The molecule has 0 fully saturated rings. The van der Waals surface area contributed by atoms with E-state index in [0.29, 0.717) is 26.8 Å². The molecule has 0 radical (unpaired) electrons. The van der Waals surface area contributed by atoms with Gasteiger partial charge in [-0.05, 0) is 42.5 Å². The fraction of sp³-hybridized carbons (Fsp3) is 0.100. The number of hydrogen-bond acceptors (Lipinski definition) is 7. The molecule has 1 heterocycles. The molecule has 1 amide bonds. The fourth-order valence-electron chi connectivity index (χ4n) is 2.50. The lowest BCUT2D eigenvalue weighted by molar-refractivity contribution is -0.385. The number of hydrazone groups is 1. The number of nitro benzene ring substituents is 1. The Morgan fingerprint density at radius 2 is 2.03 bits per heavy atom. The lowest BCUT2D eigenvalue weighted by Crippen LogP contribution is -2.24. The van der Waals surface area contributed by atoms with Gasteiger partial charge in [0.25, 0.3) is 5.91 Å². The van der Waals surface area contributed by atoms with Crippen molar-refractivity contribution in [1.29, 1.82) is 0 Å². The van der Waals surface area contributed by atoms with E-state index in [1.165, 1.54) is 25.5 Å². The molecular weight excluding hydrogens is 494 g/mol. The zero-order valence-corrected chi connectivity index (χ0v) is 18.3. The monoisotopic (exact) mass is 507 g/mol. The fourth-order valence-corrected chi connectivity index (χ4v) is 3.10. The molecule has 1 aromatic heterocycles. The van der Waals surface area contributed by atoms with Crippen LogP contribution in [0.1, 0.15) is 5.76 Å². The Morgan fingerprint density at radius 3 is 2.74 bits per heavy atom. The van der Waals surface area contributed by atoms with Gasteiger partial charge in [0.15, 0.2) is 12.4 Å². The minimum atomic E-state index is -0.597. The van der Waals surface area contributed by atoms with E-state index >= 15 is 0 Å². The van der Waals surface area contributed by atoms with Crippen LogP contribution in [0.2, 0.25) is 5.02 Å². The molecule has 0 aliphatic rings. The van der Waals surface area contributed by atoms with Crippen molar-refractivity contribution in [2.45, 2.75) is 0 Å². The van der Waals surface area contributed by atoms with Crippen LogP contribution in [0.15, 0.2) is 62.5 Å². The van der Waals surface area contributed by atoms with E-state index in [-0.39, 0.29) is 11.4 Å². The number of nitrogens with one attached hydrogen (secondary N) is 1. The van der Waals surface area contributed by atoms with E-state index in [0.717, 1.165) is 5.56 Å². The number of ether oxygens (including phenoxy) is 2. The number of hydrogen-bond donors (Lipinski definition) is 1. The molecule has 0 bridgehead atoms. The van der Waals surface area contributed by atoms with Gasteiger partial charge in [-0.3, -0.25) is 14.9 Å². The summed E-state index contributed by atoms with van der Waals surface area (Å²) >= 11 is 9.27. The van der Waals surface area contributed by atoms with Crippen LogP contribution in [0.4, 0.5) is 5.69 Å². The summed E-state index contributed by atoms with van der Waals surface area (Å²) in [5.74, 6) is 0.885. The molecular formula is C20H15BrClN3O6. The first-order valence-corrected chi connectivity index (χ1v) is 9.87. The van der Waals surface area contributed by atoms with E-state index in [2.05, 4.69) is 26.5 Å². The van der Waals surface area contributed by atoms with Gasteiger partial charge in [0.2, 0.25) is 0 Å². The van der Waals surface area contributed by atoms with E-state index in [4.69, 9.17) is 25.5 Å². The quantitative estimate of drug-likeness (QED) is 0.265. The van der Waals surface area contributed by atoms with Crippen LogP contribution in [0, 0.1) is 10.1 Å². The first kappa shape index (κ1) is 22.3. The molecule has 0 saturated heterocycles. The van der Waals surface area contributed by atoms with Crippen molar-refractivity contribution in [1.82, 2.24) is 5.43 Å². The highest BCUT2D eigenvalue weighted by Crippen LogP contribution is 2.31. The Morgan fingerprint density at radius 1 is 1.26 bits per heavy atom. The van der Waals surface area contributed by atoms with Gasteiger partial charge >= 0.3 is 5.69 Å². The number of nitro groups is 1. The summed E-state index contributed by atoms with van der Waals surface area (Å²) in [6.07, 6.45) is 1.31. The van der Waals surface area contributed by atoms with E-state index in [1.807, 2.05) is 0 Å². The summed E-state index contributed by atoms with van der Waals surface area (Å²) in [4.78, 5) is 22.4. The zero-order valence-electron chi connectivity index (χ0n) is 16.0. The third-order valence-corrected chi connectivity index (χ3v) is 4.71. The van der Waals surface area contributed by atoms with Gasteiger partial charge < -0.3 is 13.9 Å². The number of carbonyl (C=O) groups is 1. The van der Waals surface area contributed by atoms with E-state index in [9.17, 15) is 14.9 Å². The van der Waals surface area contributed by atoms with Crippen molar-refractivity contribution >= 4 is 45.3 Å². The summed E-state index contributed by atoms with van der Waals surface area (Å²) in [7, 11) is 1.53. The van der Waals surface area contributed by atoms with Crippen LogP contribution >= 0.6 is 27.5 Å². The summed E-state index contributed by atoms with van der Waals surface area (Å²) < 4.78 is 16.5. The van der Waals surface area contributed by atoms with E-state index in [1.54, 1.807) is 36.4 Å². The van der Waals surface area contributed by atoms with Crippen LogP contribution < -0.4 is 14.9 Å². The van der Waals surface area contributed by atoms with Crippen molar-refractivity contribution in [3.63, 3.8) is 0 Å². The van der Waals surface area contributed by atoms with E-state index < -0.39 is 17.4 Å². The van der Waals surface area contributed by atoms with Crippen LogP contribution in [-0.4, -0.2) is 30.8 Å². The number of methoxy groups -OCH3 is 1. The summed E-state index contributed by atoms with van der Waals surface area (Å²) in [6, 6.07) is 12.9. The Labute approximate surface area is 189 Å². The normalized spacial score (nSPS) is 10.8. The highest BCUT2D eigenvalue weighted by molar-refractivity contribution is 9.10. The lowest BCUT2D eigenvalue weighted by Gasteiger charge is -2.05. The van der Waals surface area contributed by atoms with Gasteiger partial charge in [0.05, 0.1) is 23.3 Å². The lowest BCUT2D eigenvalue weighted by atomic mass is 10.2. The standard InChI is InChI=1S/C20H15BrClN3O6/c1-29-18-5-2-12(8-15(18)22)17-7-4-14(31-17)10-23-24-20(26)11-30-19-6-3-13(21)9-16(19)25(27)28/h2-10H,11H2,1H3,(H,24,26)/b23-10+. The predicted octanol–water partition coefficient (Wildman–Crippen LogP) is 4.81. The van der Waals surface area contributed by atoms with Crippen LogP contribution in [-0.2, 0) is 4.79 Å². The Hall–Kier alpha value is -3.37. The average molecular weight is 509 g/mol. The number of amides is 1. The second kappa shape index (κ2) is 10.1. The summed E-state index contributed by atoms with van der Waals surface area (Å²) in [5, 5.41) is 15.3. The second-order valence-corrected chi connectivity index (χ2v) is 7.33. The summed E-state index contributed by atoms with van der Waals surface area (Å²) in [6.45, 7) is -0.451. The van der Waals surface area contributed by atoms with Crippen LogP contribution in [0.3, 0.4) is 0 Å². The number of carbonyl (C=O) groups excluding carboxylic acids is 1. The third kappa shape index (κ3) is 5.83. The summed E-state index contributed by atoms with van der Waals surface area (Å²) in [5.41, 5.74) is 2.76. The molecule has 11 heteroatoms. The predicted molar refractivity (Wildman–Crippen MR) is 118 cm³/mol. The molecule has 0 aliphatic heterocycles. The first-order valence-electron chi connectivity index (χ1n) is 8.70. The molecule has 1 N–H and O–H groups in total. The highest BCUT2D eigenvalue weighted by atomic mass is 79.9. The Balaban J connectivity index is 1.56. The Bertz CT molecular complexity index is 1150. The number of halogens is 2. The maximum absolute atomic E-state index is 11.9. The average Bonchev–Trinajstić information content (AvgIpc) is 3.21. The van der Waals surface area contributed by atoms with Crippen molar-refractivity contribution in [2.75, 3.05) is 13.7 Å². The Kier molecular flexibility index (Phi) is 7.27. The third-order valence-electron chi connectivity index (χ3n) is 3.92. The maximum Gasteiger partial charge on any atom is 0.312 e. The van der Waals surface area contributed by atoms with Crippen molar-refractivity contribution < 1.29 is 23.6 Å². The molecule has 2 aromatic carbocycles. The molecule has 0 saturated carbocycles. The number of benzene rings is 2. The van der Waals surface area contributed by atoms with Crippen molar-refractivity contribution in [3.05, 3.63) is 73.9 Å². The van der Waals surface area contributed by atoms with Gasteiger partial charge in [-0.15, -0.1) is 0 Å². The largest absolute Gasteiger partial charge is 0.495 e. The molecule has 31 heavy (non-hydrogen) atoms. The molecule has 3 aromatic rings. The number of furan rings is 1. The van der Waals surface area contributed by atoms with Gasteiger partial charge in [-0.1, -0.05) is 27.5 Å². The second-order valence-electron chi connectivity index (χ2n) is 6.00. The first-order chi connectivity index (χ1) is 14.9. The van der Waals surface area contributed by atoms with Gasteiger partial charge in [0.1, 0.15) is 17.3 Å². The minimum Gasteiger partial charge on any atom is -0.495 e. The molecule has 0 spiro atoms. The molecule has 3 rings (SSSR count). The maximum atomic E-state index is 11.9. The number of nitrogens with zero attached hydrogens (tertiary/aromatic N) is 2. The highest BCUT2D eigenvalue weighted by Gasteiger charge is 2.16. The van der Waals surface area contributed by atoms with Crippen LogP contribution in [0.25, 0.3) is 11.3 Å². The van der Waals surface area contributed by atoms with Gasteiger partial charge in [-0.2, -0.15) is 5.10 Å². The van der Waals surface area contributed by atoms with Gasteiger partial charge in [-0.25, -0.2) is 5.43 Å². The molecule has 0 atom stereocenters. The van der Waals surface area contributed by atoms with Crippen LogP contribution in [0.5, 0.6) is 11.5 Å². The minimum absolute atomic E-state index is 0.0267. The van der Waals surface area contributed by atoms with Gasteiger partial charge in [0, 0.05) is 16.1 Å². The molecule has 0 unspecified atom stereocenters. The smallest absolute Gasteiger partial charge is 0.312 e. The topological polar surface area (TPSA) is 116 Å². The molecule has 9 nitrogen and oxygen atoms in total. The zero-order chi connectivity index (χ0) is 22.4. The molecule has 160 valence electrons. The van der Waals surface area contributed by atoms with Crippen molar-refractivity contribution in [3.8, 4) is 22.8 Å². The van der Waals surface area contributed by atoms with Crippen molar-refractivity contribution in [2.24, 2.45) is 5.10 Å². The number of rotatable bonds is 8.